The van der Waals surface area contributed by atoms with Gasteiger partial charge in [0.25, 0.3) is 0 Å². The molecule has 0 unspecified atom stereocenters. The van der Waals surface area contributed by atoms with Gasteiger partial charge in [-0.1, -0.05) is 6.07 Å². The summed E-state index contributed by atoms with van der Waals surface area (Å²) in [5.74, 6) is 0. The number of anilines is 2. The van der Waals surface area contributed by atoms with E-state index in [0.29, 0.717) is 6.42 Å². The van der Waals surface area contributed by atoms with E-state index < -0.39 is 0 Å². The van der Waals surface area contributed by atoms with Gasteiger partial charge in [-0.15, -0.1) is 23.7 Å². The number of hydrogen-bond donors (Lipinski definition) is 3. The molecule has 5 heteroatoms. The van der Waals surface area contributed by atoms with Crippen LogP contribution in [0.5, 0.6) is 0 Å². The molecule has 2 rings (SSSR count). The Morgan fingerprint density at radius 2 is 2.11 bits per heavy atom. The van der Waals surface area contributed by atoms with Gasteiger partial charge in [-0.25, -0.2) is 0 Å². The second-order valence-electron chi connectivity index (χ2n) is 3.82. The van der Waals surface area contributed by atoms with Gasteiger partial charge in [-0.3, -0.25) is 0 Å². The van der Waals surface area contributed by atoms with E-state index in [2.05, 4.69) is 16.8 Å². The molecule has 0 aliphatic rings. The highest BCUT2D eigenvalue weighted by Gasteiger charge is 2.03. The van der Waals surface area contributed by atoms with E-state index in [1.165, 1.54) is 4.88 Å². The van der Waals surface area contributed by atoms with Crippen LogP contribution in [0.1, 0.15) is 10.4 Å². The van der Waals surface area contributed by atoms with Gasteiger partial charge in [0.05, 0.1) is 0 Å². The number of aliphatic hydroxyl groups excluding tert-OH is 1. The first-order chi connectivity index (χ1) is 8.29. The van der Waals surface area contributed by atoms with Crippen LogP contribution < -0.4 is 11.1 Å². The van der Waals surface area contributed by atoms with E-state index in [1.807, 2.05) is 24.3 Å². The number of thiophene rings is 1. The molecule has 0 radical (unpaired) electrons. The number of nitrogen functional groups attached to an aromatic ring is 1. The molecule has 0 saturated heterocycles. The van der Waals surface area contributed by atoms with Crippen molar-refractivity contribution < 1.29 is 5.11 Å². The summed E-state index contributed by atoms with van der Waals surface area (Å²) >= 11 is 1.73. The van der Waals surface area contributed by atoms with Crippen molar-refractivity contribution in [2.24, 2.45) is 0 Å². The van der Waals surface area contributed by atoms with Gasteiger partial charge < -0.3 is 16.2 Å². The van der Waals surface area contributed by atoms with Crippen molar-refractivity contribution in [3.05, 3.63) is 46.2 Å². The first-order valence-corrected chi connectivity index (χ1v) is 6.43. The second kappa shape index (κ2) is 7.26. The third-order valence-electron chi connectivity index (χ3n) is 2.54. The van der Waals surface area contributed by atoms with Crippen molar-refractivity contribution in [3.63, 3.8) is 0 Å². The van der Waals surface area contributed by atoms with Crippen molar-refractivity contribution in [1.29, 1.82) is 0 Å². The number of rotatable bonds is 5. The molecule has 0 saturated carbocycles. The molecule has 1 aromatic carbocycles. The number of nitrogens with one attached hydrogen (secondary N) is 1. The molecule has 0 amide bonds. The van der Waals surface area contributed by atoms with Crippen molar-refractivity contribution in [3.8, 4) is 0 Å². The lowest BCUT2D eigenvalue weighted by Gasteiger charge is -2.11. The maximum absolute atomic E-state index is 9.02. The van der Waals surface area contributed by atoms with Gasteiger partial charge in [-0.2, -0.15) is 0 Å². The first kappa shape index (κ1) is 14.8. The summed E-state index contributed by atoms with van der Waals surface area (Å²) in [5.41, 5.74) is 8.58. The number of benzene rings is 1. The van der Waals surface area contributed by atoms with Crippen molar-refractivity contribution >= 4 is 35.1 Å². The third kappa shape index (κ3) is 3.91. The molecule has 3 nitrogen and oxygen atoms in total. The maximum Gasteiger partial charge on any atom is 0.0494 e. The Morgan fingerprint density at radius 3 is 2.78 bits per heavy atom. The quantitative estimate of drug-likeness (QED) is 0.740. The summed E-state index contributed by atoms with van der Waals surface area (Å²) in [7, 11) is 0. The standard InChI is InChI=1S/C13H16N2OS.ClH/c14-11-3-4-13(10(8-11)5-6-16)15-9-12-2-1-7-17-12;/h1-4,7-8,15-16H,5-6,9,14H2;1H. The van der Waals surface area contributed by atoms with Crippen LogP contribution in [-0.2, 0) is 13.0 Å². The number of aliphatic hydroxyl groups is 1. The van der Waals surface area contributed by atoms with Gasteiger partial charge >= 0.3 is 0 Å². The smallest absolute Gasteiger partial charge is 0.0494 e. The second-order valence-corrected chi connectivity index (χ2v) is 4.86. The fraction of sp³-hybridized carbons (Fsp3) is 0.231. The number of nitrogens with two attached hydrogens (primary N) is 1. The molecular formula is C13H17ClN2OS. The summed E-state index contributed by atoms with van der Waals surface area (Å²) in [5, 5.41) is 14.5. The molecule has 0 fully saturated rings. The molecule has 0 aliphatic heterocycles. The summed E-state index contributed by atoms with van der Waals surface area (Å²) in [6, 6.07) is 9.89. The summed E-state index contributed by atoms with van der Waals surface area (Å²) in [6.07, 6.45) is 0.623. The van der Waals surface area contributed by atoms with Crippen molar-refractivity contribution in [2.45, 2.75) is 13.0 Å². The van der Waals surface area contributed by atoms with E-state index >= 15 is 0 Å². The van der Waals surface area contributed by atoms with Crippen LogP contribution in [0.2, 0.25) is 0 Å². The molecule has 1 aromatic heterocycles. The predicted octanol–water partition coefficient (Wildman–Crippen LogP) is 2.90. The molecule has 0 bridgehead atoms. The summed E-state index contributed by atoms with van der Waals surface area (Å²) in [6.45, 7) is 0.942. The van der Waals surface area contributed by atoms with Crippen LogP contribution in [-0.4, -0.2) is 11.7 Å². The normalized spacial score (nSPS) is 9.83. The number of halogens is 1. The topological polar surface area (TPSA) is 58.3 Å². The van der Waals surface area contributed by atoms with E-state index in [1.54, 1.807) is 11.3 Å². The van der Waals surface area contributed by atoms with Crippen LogP contribution in [0.4, 0.5) is 11.4 Å². The minimum Gasteiger partial charge on any atom is -0.399 e. The van der Waals surface area contributed by atoms with E-state index in [9.17, 15) is 0 Å². The van der Waals surface area contributed by atoms with Crippen molar-refractivity contribution in [2.75, 3.05) is 17.7 Å². The molecule has 18 heavy (non-hydrogen) atoms. The molecule has 1 heterocycles. The van der Waals surface area contributed by atoms with Crippen LogP contribution >= 0.6 is 23.7 Å². The largest absolute Gasteiger partial charge is 0.399 e. The summed E-state index contributed by atoms with van der Waals surface area (Å²) < 4.78 is 0. The molecule has 0 spiro atoms. The molecule has 2 aromatic rings. The maximum atomic E-state index is 9.02. The SMILES string of the molecule is Cl.Nc1ccc(NCc2cccs2)c(CCO)c1. The number of hydrogen-bond acceptors (Lipinski definition) is 4. The van der Waals surface area contributed by atoms with Crippen LogP contribution in [0.15, 0.2) is 35.7 Å². The highest BCUT2D eigenvalue weighted by molar-refractivity contribution is 7.09. The van der Waals surface area contributed by atoms with E-state index in [4.69, 9.17) is 10.8 Å². The Labute approximate surface area is 117 Å². The Balaban J connectivity index is 0.00000162. The van der Waals surface area contributed by atoms with Gasteiger partial charge in [0, 0.05) is 29.4 Å². The molecular weight excluding hydrogens is 268 g/mol. The minimum absolute atomic E-state index is 0. The zero-order valence-corrected chi connectivity index (χ0v) is 11.6. The first-order valence-electron chi connectivity index (χ1n) is 5.55. The van der Waals surface area contributed by atoms with E-state index in [-0.39, 0.29) is 19.0 Å². The lowest BCUT2D eigenvalue weighted by molar-refractivity contribution is 0.300. The monoisotopic (exact) mass is 284 g/mol. The highest BCUT2D eigenvalue weighted by atomic mass is 35.5. The fourth-order valence-electron chi connectivity index (χ4n) is 1.71. The van der Waals surface area contributed by atoms with Gasteiger partial charge in [0.2, 0.25) is 0 Å². The molecule has 0 atom stereocenters. The molecule has 0 aliphatic carbocycles. The third-order valence-corrected chi connectivity index (χ3v) is 3.42. The van der Waals surface area contributed by atoms with E-state index in [0.717, 1.165) is 23.5 Å². The van der Waals surface area contributed by atoms with Gasteiger partial charge in [-0.05, 0) is 41.6 Å². The lowest BCUT2D eigenvalue weighted by atomic mass is 10.1. The predicted molar refractivity (Wildman–Crippen MR) is 80.5 cm³/mol. The minimum atomic E-state index is 0. The Hall–Kier alpha value is -1.23. The Kier molecular flexibility index (Phi) is 5.98. The van der Waals surface area contributed by atoms with Gasteiger partial charge in [0.15, 0.2) is 0 Å². The molecule has 98 valence electrons. The van der Waals surface area contributed by atoms with Gasteiger partial charge in [0.1, 0.15) is 0 Å². The Bertz CT molecular complexity index is 474. The van der Waals surface area contributed by atoms with Crippen LogP contribution in [0, 0.1) is 0 Å². The zero-order valence-electron chi connectivity index (χ0n) is 9.93. The van der Waals surface area contributed by atoms with Crippen molar-refractivity contribution in [1.82, 2.24) is 0 Å². The fourth-order valence-corrected chi connectivity index (χ4v) is 2.35. The average Bonchev–Trinajstić information content (AvgIpc) is 2.81. The molecule has 4 N–H and O–H groups in total. The average molecular weight is 285 g/mol. The Morgan fingerprint density at radius 1 is 1.28 bits per heavy atom. The highest BCUT2D eigenvalue weighted by Crippen LogP contribution is 2.21. The van der Waals surface area contributed by atoms with Crippen LogP contribution in [0.3, 0.4) is 0 Å². The van der Waals surface area contributed by atoms with Crippen LogP contribution in [0.25, 0.3) is 0 Å². The lowest BCUT2D eigenvalue weighted by Crippen LogP contribution is -2.03. The zero-order chi connectivity index (χ0) is 12.1. The summed E-state index contributed by atoms with van der Waals surface area (Å²) in [4.78, 5) is 1.29.